The van der Waals surface area contributed by atoms with Crippen molar-refractivity contribution in [3.8, 4) is 0 Å². The molecular formula is C14H21BrN4O. The fraction of sp³-hybridized carbons (Fsp3) is 0.643. The minimum atomic E-state index is 0.0553. The molecule has 1 fully saturated rings. The van der Waals surface area contributed by atoms with Gasteiger partial charge in [-0.05, 0) is 34.7 Å². The lowest BCUT2D eigenvalue weighted by Crippen LogP contribution is -2.38. The second-order valence-corrected chi connectivity index (χ2v) is 6.00. The van der Waals surface area contributed by atoms with Crippen molar-refractivity contribution in [1.82, 2.24) is 15.3 Å². The standard InChI is InChI=1S/C14H21BrN4O/c1-3-13-17-12(15)8-14(18-13)19-6-4-11(5-7-19)9-16-10(2)20/h8,11H,3-7,9H2,1-2H3,(H,16,20). The molecule has 1 N–H and O–H groups in total. The third-order valence-electron chi connectivity index (χ3n) is 3.62. The van der Waals surface area contributed by atoms with Crippen LogP contribution in [0.15, 0.2) is 10.7 Å². The molecule has 0 saturated carbocycles. The molecule has 6 heteroatoms. The molecule has 1 amide bonds. The first kappa shape index (κ1) is 15.2. The first-order chi connectivity index (χ1) is 9.58. The fourth-order valence-electron chi connectivity index (χ4n) is 2.43. The summed E-state index contributed by atoms with van der Waals surface area (Å²) in [4.78, 5) is 22.2. The van der Waals surface area contributed by atoms with Crippen molar-refractivity contribution >= 4 is 27.7 Å². The smallest absolute Gasteiger partial charge is 0.216 e. The van der Waals surface area contributed by atoms with Crippen molar-refractivity contribution in [3.63, 3.8) is 0 Å². The van der Waals surface area contributed by atoms with Gasteiger partial charge >= 0.3 is 0 Å². The van der Waals surface area contributed by atoms with Crippen LogP contribution in [0.3, 0.4) is 0 Å². The summed E-state index contributed by atoms with van der Waals surface area (Å²) in [5.41, 5.74) is 0. The van der Waals surface area contributed by atoms with E-state index < -0.39 is 0 Å². The zero-order chi connectivity index (χ0) is 14.5. The van der Waals surface area contributed by atoms with Crippen LogP contribution < -0.4 is 10.2 Å². The molecule has 0 unspecified atom stereocenters. The predicted molar refractivity (Wildman–Crippen MR) is 82.7 cm³/mol. The lowest BCUT2D eigenvalue weighted by molar-refractivity contribution is -0.119. The molecule has 2 rings (SSSR count). The van der Waals surface area contributed by atoms with Crippen LogP contribution >= 0.6 is 15.9 Å². The molecule has 1 aliphatic heterocycles. The van der Waals surface area contributed by atoms with Gasteiger partial charge in [-0.25, -0.2) is 9.97 Å². The number of anilines is 1. The van der Waals surface area contributed by atoms with Crippen molar-refractivity contribution in [1.29, 1.82) is 0 Å². The molecule has 110 valence electrons. The lowest BCUT2D eigenvalue weighted by Gasteiger charge is -2.33. The van der Waals surface area contributed by atoms with Gasteiger partial charge in [0.2, 0.25) is 5.91 Å². The number of nitrogens with zero attached hydrogens (tertiary/aromatic N) is 3. The van der Waals surface area contributed by atoms with Crippen LogP contribution in [0.1, 0.15) is 32.5 Å². The van der Waals surface area contributed by atoms with Crippen molar-refractivity contribution in [2.45, 2.75) is 33.1 Å². The molecule has 0 aromatic carbocycles. The number of nitrogens with one attached hydrogen (secondary N) is 1. The number of amides is 1. The van der Waals surface area contributed by atoms with Gasteiger partial charge in [-0.2, -0.15) is 0 Å². The van der Waals surface area contributed by atoms with Gasteiger partial charge in [0.1, 0.15) is 16.2 Å². The number of carbonyl (C=O) groups excluding carboxylic acids is 1. The predicted octanol–water partition coefficient (Wildman–Crippen LogP) is 2.15. The number of hydrogen-bond acceptors (Lipinski definition) is 4. The average molecular weight is 341 g/mol. The average Bonchev–Trinajstić information content (AvgIpc) is 2.45. The Morgan fingerprint density at radius 1 is 1.45 bits per heavy atom. The molecule has 5 nitrogen and oxygen atoms in total. The summed E-state index contributed by atoms with van der Waals surface area (Å²) in [6.07, 6.45) is 3.01. The van der Waals surface area contributed by atoms with E-state index in [1.165, 1.54) is 0 Å². The van der Waals surface area contributed by atoms with E-state index in [9.17, 15) is 4.79 Å². The first-order valence-corrected chi connectivity index (χ1v) is 7.90. The van der Waals surface area contributed by atoms with E-state index in [1.54, 1.807) is 6.92 Å². The van der Waals surface area contributed by atoms with Gasteiger partial charge in [0.15, 0.2) is 0 Å². The molecule has 1 saturated heterocycles. The third kappa shape index (κ3) is 4.16. The number of hydrogen-bond donors (Lipinski definition) is 1. The van der Waals surface area contributed by atoms with Crippen LogP contribution in [0.5, 0.6) is 0 Å². The zero-order valence-electron chi connectivity index (χ0n) is 12.0. The van der Waals surface area contributed by atoms with Crippen molar-refractivity contribution in [2.75, 3.05) is 24.5 Å². The minimum Gasteiger partial charge on any atom is -0.356 e. The summed E-state index contributed by atoms with van der Waals surface area (Å²) in [6, 6.07) is 1.98. The third-order valence-corrected chi connectivity index (χ3v) is 4.03. The molecule has 0 aliphatic carbocycles. The van der Waals surface area contributed by atoms with Crippen LogP contribution in [-0.4, -0.2) is 35.5 Å². The lowest BCUT2D eigenvalue weighted by atomic mass is 9.97. The Labute approximate surface area is 128 Å². The summed E-state index contributed by atoms with van der Waals surface area (Å²) >= 11 is 3.45. The molecule has 0 atom stereocenters. The Morgan fingerprint density at radius 3 is 2.75 bits per heavy atom. The highest BCUT2D eigenvalue weighted by molar-refractivity contribution is 9.10. The van der Waals surface area contributed by atoms with E-state index >= 15 is 0 Å². The maximum absolute atomic E-state index is 10.9. The van der Waals surface area contributed by atoms with Crippen LogP contribution in [0.4, 0.5) is 5.82 Å². The normalized spacial score (nSPS) is 16.2. The second-order valence-electron chi connectivity index (χ2n) is 5.19. The number of aryl methyl sites for hydroxylation is 1. The van der Waals surface area contributed by atoms with Crippen molar-refractivity contribution in [2.24, 2.45) is 5.92 Å². The Hall–Kier alpha value is -1.17. The molecule has 0 spiro atoms. The van der Waals surface area contributed by atoms with Gasteiger partial charge < -0.3 is 10.2 Å². The van der Waals surface area contributed by atoms with E-state index in [0.29, 0.717) is 5.92 Å². The van der Waals surface area contributed by atoms with Gasteiger partial charge in [0, 0.05) is 39.0 Å². The van der Waals surface area contributed by atoms with E-state index in [2.05, 4.69) is 43.0 Å². The first-order valence-electron chi connectivity index (χ1n) is 7.11. The second kappa shape index (κ2) is 7.02. The zero-order valence-corrected chi connectivity index (χ0v) is 13.6. The van der Waals surface area contributed by atoms with E-state index in [0.717, 1.165) is 55.1 Å². The summed E-state index contributed by atoms with van der Waals surface area (Å²) < 4.78 is 0.847. The van der Waals surface area contributed by atoms with Gasteiger partial charge in [0.05, 0.1) is 0 Å². The van der Waals surface area contributed by atoms with E-state index in [4.69, 9.17) is 0 Å². The highest BCUT2D eigenvalue weighted by atomic mass is 79.9. The number of carbonyl (C=O) groups is 1. The van der Waals surface area contributed by atoms with Crippen LogP contribution in [0, 0.1) is 5.92 Å². The molecule has 1 aliphatic rings. The Balaban J connectivity index is 1.93. The van der Waals surface area contributed by atoms with Crippen LogP contribution in [-0.2, 0) is 11.2 Å². The van der Waals surface area contributed by atoms with Crippen molar-refractivity contribution < 1.29 is 4.79 Å². The molecular weight excluding hydrogens is 320 g/mol. The molecule has 2 heterocycles. The van der Waals surface area contributed by atoms with Gasteiger partial charge in [0.25, 0.3) is 0 Å². The summed E-state index contributed by atoms with van der Waals surface area (Å²) in [6.45, 7) is 6.38. The van der Waals surface area contributed by atoms with Gasteiger partial charge in [-0.15, -0.1) is 0 Å². The summed E-state index contributed by atoms with van der Waals surface area (Å²) in [5, 5.41) is 2.91. The monoisotopic (exact) mass is 340 g/mol. The maximum Gasteiger partial charge on any atom is 0.216 e. The molecule has 1 aromatic heterocycles. The Morgan fingerprint density at radius 2 is 2.15 bits per heavy atom. The maximum atomic E-state index is 10.9. The summed E-state index contributed by atoms with van der Waals surface area (Å²) in [5.74, 6) is 2.50. The summed E-state index contributed by atoms with van der Waals surface area (Å²) in [7, 11) is 0. The number of piperidine rings is 1. The SMILES string of the molecule is CCc1nc(Br)cc(N2CCC(CNC(C)=O)CC2)n1. The van der Waals surface area contributed by atoms with E-state index in [1.807, 2.05) is 6.07 Å². The topological polar surface area (TPSA) is 58.1 Å². The number of aromatic nitrogens is 2. The quantitative estimate of drug-likeness (QED) is 0.853. The Kier molecular flexibility index (Phi) is 5.34. The molecule has 0 radical (unpaired) electrons. The molecule has 1 aromatic rings. The molecule has 0 bridgehead atoms. The highest BCUT2D eigenvalue weighted by Crippen LogP contribution is 2.23. The van der Waals surface area contributed by atoms with Crippen LogP contribution in [0.2, 0.25) is 0 Å². The Bertz CT molecular complexity index is 472. The van der Waals surface area contributed by atoms with Gasteiger partial charge in [-0.3, -0.25) is 4.79 Å². The van der Waals surface area contributed by atoms with Gasteiger partial charge in [-0.1, -0.05) is 6.92 Å². The fourth-order valence-corrected chi connectivity index (χ4v) is 2.84. The number of rotatable bonds is 4. The molecule has 20 heavy (non-hydrogen) atoms. The van der Waals surface area contributed by atoms with E-state index in [-0.39, 0.29) is 5.91 Å². The largest absolute Gasteiger partial charge is 0.356 e. The van der Waals surface area contributed by atoms with Crippen molar-refractivity contribution in [3.05, 3.63) is 16.5 Å². The highest BCUT2D eigenvalue weighted by Gasteiger charge is 2.20. The van der Waals surface area contributed by atoms with Crippen LogP contribution in [0.25, 0.3) is 0 Å². The minimum absolute atomic E-state index is 0.0553. The number of halogens is 1.